The smallest absolute Gasteiger partial charge is 0.322 e. The summed E-state index contributed by atoms with van der Waals surface area (Å²) in [6.07, 6.45) is 4.67. The van der Waals surface area contributed by atoms with Gasteiger partial charge in [0.25, 0.3) is 5.91 Å². The first-order chi connectivity index (χ1) is 36.7. The van der Waals surface area contributed by atoms with Gasteiger partial charge < -0.3 is 73.7 Å². The number of methoxy groups -OCH3 is 2. The lowest BCUT2D eigenvalue weighted by molar-refractivity contribution is -0.147. The first-order valence-electron chi connectivity index (χ1n) is 26.2. The van der Waals surface area contributed by atoms with Crippen molar-refractivity contribution in [2.45, 2.75) is 107 Å². The molecule has 3 rings (SSSR count). The number of hydrogen-bond acceptors (Lipinski definition) is 19. The zero-order valence-electron chi connectivity index (χ0n) is 46.1. The molecule has 438 valence electrons. The van der Waals surface area contributed by atoms with Gasteiger partial charge in [-0.3, -0.25) is 33.6 Å². The molecule has 2 aliphatic rings. The van der Waals surface area contributed by atoms with Crippen LogP contribution >= 0.6 is 0 Å². The monoisotopic (exact) mass is 1120 g/mol. The molecule has 0 radical (unpaired) electrons. The van der Waals surface area contributed by atoms with E-state index in [9.17, 15) is 42.0 Å². The first kappa shape index (κ1) is 66.3. The summed E-state index contributed by atoms with van der Waals surface area (Å²) in [7, 11) is 1.06. The second kappa shape index (κ2) is 34.8. The number of aromatic nitrogens is 2. The van der Waals surface area contributed by atoms with E-state index in [0.29, 0.717) is 105 Å². The molecule has 3 heterocycles. The zero-order valence-corrected chi connectivity index (χ0v) is 46.9. The SMILES string of the molecule is CC[C@H](C)[C@@H]([C@@H](CC(=O)N1CCC[C@H]1[C@H](OC)[C@@H](C)C(=O)NCC(=O)O)OC)N(C)C(=O)CNC(=O)[C@]1(C)CCCN1C(=O)CCOCCOCCOCCOCCOCCOCCNC(=O)c1cnc(S(C)(=O)=O)cn1. The Labute approximate surface area is 452 Å². The molecule has 7 atom stereocenters. The summed E-state index contributed by atoms with van der Waals surface area (Å²) in [5, 5.41) is 16.6. The van der Waals surface area contributed by atoms with Gasteiger partial charge in [0.05, 0.1) is 141 Å². The fourth-order valence-electron chi connectivity index (χ4n) is 9.17. The number of likely N-dealkylation sites (N-methyl/N-ethyl adjacent to an activating group) is 1. The van der Waals surface area contributed by atoms with Gasteiger partial charge in [-0.2, -0.15) is 0 Å². The molecule has 2 fully saturated rings. The Balaban J connectivity index is 1.27. The molecule has 0 bridgehead atoms. The van der Waals surface area contributed by atoms with E-state index in [2.05, 4.69) is 25.9 Å². The van der Waals surface area contributed by atoms with E-state index >= 15 is 0 Å². The predicted octanol–water partition coefficient (Wildman–Crippen LogP) is -0.282. The van der Waals surface area contributed by atoms with Gasteiger partial charge in [0.15, 0.2) is 14.9 Å². The lowest BCUT2D eigenvalue weighted by Gasteiger charge is -2.39. The minimum atomic E-state index is -3.50. The minimum absolute atomic E-state index is 0.00625. The van der Waals surface area contributed by atoms with Crippen molar-refractivity contribution in [2.75, 3.05) is 140 Å². The van der Waals surface area contributed by atoms with Crippen LogP contribution < -0.4 is 16.0 Å². The number of sulfone groups is 1. The molecule has 2 aliphatic heterocycles. The van der Waals surface area contributed by atoms with Crippen LogP contribution in [0.5, 0.6) is 0 Å². The fourth-order valence-corrected chi connectivity index (χ4v) is 9.66. The summed E-state index contributed by atoms with van der Waals surface area (Å²) in [6.45, 7) is 11.2. The number of hydrogen-bond donors (Lipinski definition) is 4. The largest absolute Gasteiger partial charge is 0.480 e. The second-order valence-electron chi connectivity index (χ2n) is 19.1. The zero-order chi connectivity index (χ0) is 57.0. The molecule has 1 aromatic rings. The van der Waals surface area contributed by atoms with Gasteiger partial charge in [-0.05, 0) is 38.5 Å². The van der Waals surface area contributed by atoms with Crippen LogP contribution in [0.3, 0.4) is 0 Å². The Bertz CT molecular complexity index is 2130. The average Bonchev–Trinajstić information content (AvgIpc) is 4.07. The van der Waals surface area contributed by atoms with Gasteiger partial charge >= 0.3 is 5.97 Å². The van der Waals surface area contributed by atoms with Crippen molar-refractivity contribution in [3.05, 3.63) is 18.1 Å². The maximum absolute atomic E-state index is 14.0. The highest BCUT2D eigenvalue weighted by Crippen LogP contribution is 2.31. The van der Waals surface area contributed by atoms with Crippen LogP contribution in [0, 0.1) is 11.8 Å². The normalized spacial score (nSPS) is 18.5. The number of carboxylic acids is 1. The number of aliphatic carboxylic acids is 1. The Morgan fingerprint density at radius 3 is 1.88 bits per heavy atom. The van der Waals surface area contributed by atoms with Gasteiger partial charge in [-0.1, -0.05) is 27.2 Å². The summed E-state index contributed by atoms with van der Waals surface area (Å²) in [6, 6.07) is -0.984. The van der Waals surface area contributed by atoms with Crippen LogP contribution in [0.1, 0.15) is 83.1 Å². The van der Waals surface area contributed by atoms with E-state index < -0.39 is 81.7 Å². The Morgan fingerprint density at radius 1 is 0.779 bits per heavy atom. The Kier molecular flexibility index (Phi) is 29.9. The third-order valence-corrected chi connectivity index (χ3v) is 14.6. The van der Waals surface area contributed by atoms with Crippen LogP contribution in [0.4, 0.5) is 0 Å². The molecule has 27 heteroatoms. The summed E-state index contributed by atoms with van der Waals surface area (Å²) in [4.78, 5) is 103. The van der Waals surface area contributed by atoms with Crippen LogP contribution in [0.2, 0.25) is 0 Å². The molecular weight excluding hydrogens is 1030 g/mol. The lowest BCUT2D eigenvalue weighted by atomic mass is 9.90. The van der Waals surface area contributed by atoms with Gasteiger partial charge in [-0.15, -0.1) is 0 Å². The molecule has 4 N–H and O–H groups in total. The molecule has 77 heavy (non-hydrogen) atoms. The minimum Gasteiger partial charge on any atom is -0.480 e. The highest BCUT2D eigenvalue weighted by molar-refractivity contribution is 7.90. The number of rotatable bonds is 39. The molecule has 6 amide bonds. The van der Waals surface area contributed by atoms with Crippen molar-refractivity contribution < 1.29 is 85.0 Å². The summed E-state index contributed by atoms with van der Waals surface area (Å²) < 4.78 is 67.6. The third-order valence-electron chi connectivity index (χ3n) is 13.6. The standard InChI is InChI=1S/C50H84N8O18S/c1-9-35(2)45(39(69-6)30-42(60)57-16-10-12-38(57)46(70-7)36(3)47(64)54-34-44(62)63)56(5)43(61)33-55-49(66)50(4)14-11-17-58(50)41(59)13-18-71-20-22-73-24-26-75-28-29-76-27-25-74-23-21-72-19-15-51-48(65)37-31-53-40(32-52-37)77(8,67)68/h31-32,35-36,38-39,45-46H,9-30,33-34H2,1-8H3,(H,51,65)(H,54,64)(H,55,66)(H,62,63)/t35-,36+,38-,39+,45-,46+,50-/m0/s1. The van der Waals surface area contributed by atoms with Gasteiger partial charge in [0, 0.05) is 47.2 Å². The van der Waals surface area contributed by atoms with Gasteiger partial charge in [0.2, 0.25) is 29.5 Å². The van der Waals surface area contributed by atoms with Crippen LogP contribution in [0.25, 0.3) is 0 Å². The number of ether oxygens (including phenoxy) is 8. The van der Waals surface area contributed by atoms with Crippen molar-refractivity contribution in [3.8, 4) is 0 Å². The molecule has 0 aromatic carbocycles. The highest BCUT2D eigenvalue weighted by atomic mass is 32.2. The lowest BCUT2D eigenvalue weighted by Crippen LogP contribution is -2.58. The Hall–Kier alpha value is -5.00. The number of carbonyl (C=O) groups excluding carboxylic acids is 6. The number of carboxylic acid groups (broad SMARTS) is 1. The summed E-state index contributed by atoms with van der Waals surface area (Å²) in [5.74, 6) is -4.34. The molecule has 0 spiro atoms. The highest BCUT2D eigenvalue weighted by Gasteiger charge is 2.46. The maximum atomic E-state index is 14.0. The van der Waals surface area contributed by atoms with E-state index in [1.807, 2.05) is 13.8 Å². The second-order valence-corrected chi connectivity index (χ2v) is 21.0. The third kappa shape index (κ3) is 22.0. The molecule has 1 aromatic heterocycles. The molecular formula is C50H84N8O18S. The van der Waals surface area contributed by atoms with Gasteiger partial charge in [0.1, 0.15) is 17.8 Å². The quantitative estimate of drug-likeness (QED) is 0.0616. The Morgan fingerprint density at radius 2 is 1.36 bits per heavy atom. The maximum Gasteiger partial charge on any atom is 0.322 e. The fraction of sp³-hybridized carbons (Fsp3) is 0.780. The van der Waals surface area contributed by atoms with Gasteiger partial charge in [-0.25, -0.2) is 18.4 Å². The molecule has 2 saturated heterocycles. The summed E-state index contributed by atoms with van der Waals surface area (Å²) in [5.41, 5.74) is -1.18. The van der Waals surface area contributed by atoms with E-state index in [1.54, 1.807) is 30.7 Å². The average molecular weight is 1120 g/mol. The number of nitrogens with zero attached hydrogens (tertiary/aromatic N) is 5. The van der Waals surface area contributed by atoms with Crippen molar-refractivity contribution in [3.63, 3.8) is 0 Å². The van der Waals surface area contributed by atoms with E-state index in [-0.39, 0.29) is 74.2 Å². The number of amides is 6. The molecule has 0 unspecified atom stereocenters. The predicted molar refractivity (Wildman–Crippen MR) is 276 cm³/mol. The van der Waals surface area contributed by atoms with Crippen LogP contribution in [-0.4, -0.2) is 249 Å². The van der Waals surface area contributed by atoms with E-state index in [4.69, 9.17) is 43.0 Å². The van der Waals surface area contributed by atoms with Crippen LogP contribution in [-0.2, 0) is 76.5 Å². The van der Waals surface area contributed by atoms with E-state index in [1.165, 1.54) is 19.1 Å². The van der Waals surface area contributed by atoms with Crippen molar-refractivity contribution in [1.29, 1.82) is 0 Å². The molecule has 0 aliphatic carbocycles. The van der Waals surface area contributed by atoms with Crippen LogP contribution in [0.15, 0.2) is 17.4 Å². The first-order valence-corrected chi connectivity index (χ1v) is 28.1. The van der Waals surface area contributed by atoms with Crippen molar-refractivity contribution in [1.82, 2.24) is 40.6 Å². The summed E-state index contributed by atoms with van der Waals surface area (Å²) >= 11 is 0. The van der Waals surface area contributed by atoms with Crippen molar-refractivity contribution >= 4 is 51.2 Å². The number of nitrogens with one attached hydrogen (secondary N) is 3. The van der Waals surface area contributed by atoms with Crippen molar-refractivity contribution in [2.24, 2.45) is 11.8 Å². The topological polar surface area (TPSA) is 319 Å². The molecule has 0 saturated carbocycles. The molecule has 26 nitrogen and oxygen atoms in total. The number of likely N-dealkylation sites (tertiary alicyclic amines) is 2. The van der Waals surface area contributed by atoms with E-state index in [0.717, 1.165) is 18.6 Å². The number of carbonyl (C=O) groups is 7.